The predicted octanol–water partition coefficient (Wildman–Crippen LogP) is 2.88. The quantitative estimate of drug-likeness (QED) is 0.650. The van der Waals surface area contributed by atoms with Gasteiger partial charge in [-0.2, -0.15) is 4.98 Å². The molecule has 3 aliphatic rings. The van der Waals surface area contributed by atoms with E-state index in [2.05, 4.69) is 15.1 Å². The van der Waals surface area contributed by atoms with E-state index in [9.17, 15) is 4.79 Å². The molecule has 2 amide bonds. The first-order valence-corrected chi connectivity index (χ1v) is 10.3. The van der Waals surface area contributed by atoms with Crippen molar-refractivity contribution in [1.82, 2.24) is 24.6 Å². The average Bonchev–Trinajstić information content (AvgIpc) is 3.35. The van der Waals surface area contributed by atoms with Gasteiger partial charge in [0.1, 0.15) is 12.0 Å². The Kier molecular flexibility index (Phi) is 3.92. The number of aryl methyl sites for hydroxylation is 1. The lowest BCUT2D eigenvalue weighted by atomic mass is 10.1. The molecule has 4 heterocycles. The van der Waals surface area contributed by atoms with E-state index in [1.807, 2.05) is 39.5 Å². The predicted molar refractivity (Wildman–Crippen MR) is 108 cm³/mol. The first kappa shape index (κ1) is 17.6. The summed E-state index contributed by atoms with van der Waals surface area (Å²) in [4.78, 5) is 26.3. The number of ether oxygens (including phenoxy) is 1. The first-order valence-electron chi connectivity index (χ1n) is 10.3. The van der Waals surface area contributed by atoms with E-state index in [-0.39, 0.29) is 6.03 Å². The van der Waals surface area contributed by atoms with Crippen LogP contribution >= 0.6 is 0 Å². The van der Waals surface area contributed by atoms with Gasteiger partial charge < -0.3 is 14.2 Å². The standard InChI is InChI=1S/C21H22N6O3/c1-13-3-2-4-15-18(13)26(21(28)25-7-9-29-10-8-25)11-16-17(22-12-27(15)16)19-23-20(30-24-19)14-5-6-14/h2-4,12,14H,5-11H2,1H3. The highest BCUT2D eigenvalue weighted by atomic mass is 16.5. The highest BCUT2D eigenvalue weighted by molar-refractivity contribution is 5.96. The highest BCUT2D eigenvalue weighted by Gasteiger charge is 2.35. The Balaban J connectivity index is 1.44. The lowest BCUT2D eigenvalue weighted by molar-refractivity contribution is 0.0547. The number of carbonyl (C=O) groups is 1. The van der Waals surface area contributed by atoms with Crippen LogP contribution in [0.1, 0.15) is 35.9 Å². The van der Waals surface area contributed by atoms with Crippen molar-refractivity contribution in [3.8, 4) is 17.2 Å². The molecule has 0 N–H and O–H groups in total. The minimum absolute atomic E-state index is 0.0148. The second-order valence-corrected chi connectivity index (χ2v) is 8.05. The maximum absolute atomic E-state index is 13.5. The molecule has 9 heteroatoms. The lowest BCUT2D eigenvalue weighted by Gasteiger charge is -2.37. The number of rotatable bonds is 2. The van der Waals surface area contributed by atoms with Gasteiger partial charge in [0.25, 0.3) is 0 Å². The summed E-state index contributed by atoms with van der Waals surface area (Å²) in [7, 11) is 0. The smallest absolute Gasteiger partial charge is 0.325 e. The maximum Gasteiger partial charge on any atom is 0.325 e. The van der Waals surface area contributed by atoms with Crippen molar-refractivity contribution in [3.05, 3.63) is 41.7 Å². The molecule has 0 bridgehead atoms. The zero-order valence-electron chi connectivity index (χ0n) is 16.7. The van der Waals surface area contributed by atoms with Gasteiger partial charge in [-0.3, -0.25) is 9.47 Å². The molecule has 0 unspecified atom stereocenters. The van der Waals surface area contributed by atoms with Crippen molar-refractivity contribution >= 4 is 11.7 Å². The number of aromatic nitrogens is 4. The molecule has 2 aliphatic heterocycles. The molecule has 1 aromatic carbocycles. The largest absolute Gasteiger partial charge is 0.378 e. The van der Waals surface area contributed by atoms with E-state index in [4.69, 9.17) is 9.26 Å². The molecule has 30 heavy (non-hydrogen) atoms. The number of hydrogen-bond donors (Lipinski definition) is 0. The fourth-order valence-electron chi connectivity index (χ4n) is 4.25. The number of anilines is 1. The van der Waals surface area contributed by atoms with Crippen molar-refractivity contribution in [1.29, 1.82) is 0 Å². The van der Waals surface area contributed by atoms with Crippen LogP contribution in [0.25, 0.3) is 17.2 Å². The average molecular weight is 406 g/mol. The summed E-state index contributed by atoms with van der Waals surface area (Å²) in [6.07, 6.45) is 3.97. The Morgan fingerprint density at radius 2 is 2.03 bits per heavy atom. The summed E-state index contributed by atoms with van der Waals surface area (Å²) in [6, 6.07) is 6.03. The third kappa shape index (κ3) is 2.72. The molecular formula is C21H22N6O3. The molecule has 2 fully saturated rings. The van der Waals surface area contributed by atoms with Crippen molar-refractivity contribution in [2.24, 2.45) is 0 Å². The van der Waals surface area contributed by atoms with Crippen LogP contribution in [-0.4, -0.2) is 56.9 Å². The molecule has 0 radical (unpaired) electrons. The third-order valence-corrected chi connectivity index (χ3v) is 6.01. The van der Waals surface area contributed by atoms with E-state index in [0.717, 1.165) is 35.5 Å². The van der Waals surface area contributed by atoms with Crippen LogP contribution in [0.2, 0.25) is 0 Å². The van der Waals surface area contributed by atoms with Gasteiger partial charge in [-0.05, 0) is 31.4 Å². The third-order valence-electron chi connectivity index (χ3n) is 6.01. The summed E-state index contributed by atoms with van der Waals surface area (Å²) in [5, 5.41) is 4.17. The number of amides is 2. The van der Waals surface area contributed by atoms with Crippen molar-refractivity contribution in [2.45, 2.75) is 32.2 Å². The molecule has 1 saturated carbocycles. The molecule has 6 rings (SSSR count). The van der Waals surface area contributed by atoms with Gasteiger partial charge in [-0.15, -0.1) is 0 Å². The van der Waals surface area contributed by atoms with Crippen LogP contribution in [0.4, 0.5) is 10.5 Å². The number of imidazole rings is 1. The number of benzene rings is 1. The molecule has 0 atom stereocenters. The number of nitrogens with zero attached hydrogens (tertiary/aromatic N) is 6. The number of urea groups is 1. The van der Waals surface area contributed by atoms with Gasteiger partial charge in [0.2, 0.25) is 11.7 Å². The van der Waals surface area contributed by atoms with Crippen LogP contribution in [0.5, 0.6) is 0 Å². The minimum Gasteiger partial charge on any atom is -0.378 e. The summed E-state index contributed by atoms with van der Waals surface area (Å²) in [5.74, 6) is 1.55. The van der Waals surface area contributed by atoms with Crippen LogP contribution in [0.3, 0.4) is 0 Å². The minimum atomic E-state index is -0.0148. The fraction of sp³-hybridized carbons (Fsp3) is 0.429. The molecule has 3 aromatic rings. The SMILES string of the molecule is Cc1cccc2c1N(C(=O)N1CCOCC1)Cc1c(-c3noc(C4CC4)n3)ncn1-2. The summed E-state index contributed by atoms with van der Waals surface area (Å²) >= 11 is 0. The van der Waals surface area contributed by atoms with Crippen LogP contribution in [0.15, 0.2) is 29.0 Å². The Morgan fingerprint density at radius 3 is 2.83 bits per heavy atom. The van der Waals surface area contributed by atoms with Crippen molar-refractivity contribution in [2.75, 3.05) is 31.2 Å². The molecule has 9 nitrogen and oxygen atoms in total. The number of hydrogen-bond acceptors (Lipinski definition) is 6. The maximum atomic E-state index is 13.5. The van der Waals surface area contributed by atoms with Crippen LogP contribution in [-0.2, 0) is 11.3 Å². The van der Waals surface area contributed by atoms with Crippen molar-refractivity contribution in [3.63, 3.8) is 0 Å². The van der Waals surface area contributed by atoms with E-state index < -0.39 is 0 Å². The van der Waals surface area contributed by atoms with E-state index >= 15 is 0 Å². The van der Waals surface area contributed by atoms with Gasteiger partial charge in [0, 0.05) is 19.0 Å². The zero-order valence-corrected chi connectivity index (χ0v) is 16.7. The Bertz CT molecular complexity index is 1130. The van der Waals surface area contributed by atoms with E-state index in [1.54, 1.807) is 6.33 Å². The van der Waals surface area contributed by atoms with Gasteiger partial charge in [-0.25, -0.2) is 9.78 Å². The Labute approximate surface area is 173 Å². The number of morpholine rings is 1. The van der Waals surface area contributed by atoms with Crippen molar-refractivity contribution < 1.29 is 14.1 Å². The summed E-state index contributed by atoms with van der Waals surface area (Å²) in [6.45, 7) is 4.75. The van der Waals surface area contributed by atoms with E-state index in [0.29, 0.717) is 56.2 Å². The summed E-state index contributed by atoms with van der Waals surface area (Å²) in [5.41, 5.74) is 4.45. The summed E-state index contributed by atoms with van der Waals surface area (Å²) < 4.78 is 12.9. The Morgan fingerprint density at radius 1 is 1.20 bits per heavy atom. The molecule has 0 spiro atoms. The zero-order chi connectivity index (χ0) is 20.2. The molecule has 2 aromatic heterocycles. The molecule has 1 aliphatic carbocycles. The molecule has 1 saturated heterocycles. The molecular weight excluding hydrogens is 384 g/mol. The lowest BCUT2D eigenvalue weighted by Crippen LogP contribution is -2.49. The van der Waals surface area contributed by atoms with Gasteiger partial charge in [0.15, 0.2) is 0 Å². The normalized spacial score (nSPS) is 18.3. The molecule has 154 valence electrons. The Hall–Kier alpha value is -3.20. The van der Waals surface area contributed by atoms with E-state index in [1.165, 1.54) is 0 Å². The topological polar surface area (TPSA) is 89.5 Å². The van der Waals surface area contributed by atoms with Crippen LogP contribution < -0.4 is 4.90 Å². The fourth-order valence-corrected chi connectivity index (χ4v) is 4.25. The number of fused-ring (bicyclic) bond motifs is 3. The highest BCUT2D eigenvalue weighted by Crippen LogP contribution is 2.41. The van der Waals surface area contributed by atoms with Gasteiger partial charge in [0.05, 0.1) is 36.8 Å². The number of carbonyl (C=O) groups excluding carboxylic acids is 1. The van der Waals surface area contributed by atoms with Gasteiger partial charge >= 0.3 is 6.03 Å². The van der Waals surface area contributed by atoms with Crippen LogP contribution in [0, 0.1) is 6.92 Å². The van der Waals surface area contributed by atoms with Gasteiger partial charge in [-0.1, -0.05) is 17.3 Å². The first-order chi connectivity index (χ1) is 14.7. The monoisotopic (exact) mass is 406 g/mol. The second-order valence-electron chi connectivity index (χ2n) is 8.05. The second kappa shape index (κ2) is 6.66. The number of para-hydroxylation sites is 1.